The zero-order valence-corrected chi connectivity index (χ0v) is 13.3. The Kier molecular flexibility index (Phi) is 4.97. The molecule has 1 N–H and O–H groups in total. The van der Waals surface area contributed by atoms with Crippen molar-refractivity contribution in [3.8, 4) is 0 Å². The molecule has 1 aliphatic heterocycles. The minimum atomic E-state index is 0.00955. The molecular weight excluding hydrogens is 280 g/mol. The second-order valence-corrected chi connectivity index (χ2v) is 6.45. The second-order valence-electron chi connectivity index (χ2n) is 6.45. The fourth-order valence-corrected chi connectivity index (χ4v) is 3.72. The first-order chi connectivity index (χ1) is 10.8. The van der Waals surface area contributed by atoms with E-state index in [1.54, 1.807) is 18.0 Å². The number of hydrogen-bond acceptors (Lipinski definition) is 3. The van der Waals surface area contributed by atoms with Crippen molar-refractivity contribution in [3.63, 3.8) is 0 Å². The van der Waals surface area contributed by atoms with E-state index in [2.05, 4.69) is 10.4 Å². The van der Waals surface area contributed by atoms with Crippen LogP contribution < -0.4 is 5.32 Å². The number of nitrogens with one attached hydrogen (secondary N) is 1. The van der Waals surface area contributed by atoms with E-state index in [0.29, 0.717) is 19.1 Å². The lowest BCUT2D eigenvalue weighted by Crippen LogP contribution is -2.46. The van der Waals surface area contributed by atoms with Crippen LogP contribution in [0.2, 0.25) is 0 Å². The van der Waals surface area contributed by atoms with Gasteiger partial charge in [0.1, 0.15) is 0 Å². The molecule has 2 atom stereocenters. The number of methoxy groups -OCH3 is 1. The van der Waals surface area contributed by atoms with Gasteiger partial charge in [-0.05, 0) is 24.7 Å². The molecule has 22 heavy (non-hydrogen) atoms. The van der Waals surface area contributed by atoms with Gasteiger partial charge in [-0.2, -0.15) is 5.10 Å². The summed E-state index contributed by atoms with van der Waals surface area (Å²) in [6.07, 6.45) is 10.0. The molecule has 6 nitrogen and oxygen atoms in total. The highest BCUT2D eigenvalue weighted by molar-refractivity contribution is 5.89. The summed E-state index contributed by atoms with van der Waals surface area (Å²) in [5.74, 6) is 1.55. The molecular formula is C16H26N4O2. The zero-order valence-electron chi connectivity index (χ0n) is 13.3. The van der Waals surface area contributed by atoms with Crippen LogP contribution in [0, 0.1) is 11.8 Å². The zero-order chi connectivity index (χ0) is 15.4. The number of piperidine rings is 1. The maximum Gasteiger partial charge on any atom is 0.321 e. The first-order valence-corrected chi connectivity index (χ1v) is 8.33. The molecule has 0 bridgehead atoms. The van der Waals surface area contributed by atoms with Crippen LogP contribution in [0.3, 0.4) is 0 Å². The van der Waals surface area contributed by atoms with Crippen molar-refractivity contribution in [1.29, 1.82) is 0 Å². The van der Waals surface area contributed by atoms with Crippen molar-refractivity contribution < 1.29 is 9.53 Å². The molecule has 3 rings (SSSR count). The quantitative estimate of drug-likeness (QED) is 0.930. The average Bonchev–Trinajstić information content (AvgIpc) is 2.99. The number of carbonyl (C=O) groups excluding carboxylic acids is 1. The summed E-state index contributed by atoms with van der Waals surface area (Å²) in [4.78, 5) is 14.4. The number of rotatable bonds is 4. The number of ether oxygens (including phenoxy) is 1. The topological polar surface area (TPSA) is 59.4 Å². The number of hydrogen-bond donors (Lipinski definition) is 1. The van der Waals surface area contributed by atoms with E-state index >= 15 is 0 Å². The first-order valence-electron chi connectivity index (χ1n) is 8.33. The number of fused-ring (bicyclic) bond motifs is 1. The Bertz CT molecular complexity index is 502. The van der Waals surface area contributed by atoms with E-state index in [1.807, 2.05) is 11.1 Å². The summed E-state index contributed by atoms with van der Waals surface area (Å²) in [5, 5.41) is 7.19. The highest BCUT2D eigenvalue weighted by atomic mass is 16.5. The van der Waals surface area contributed by atoms with Crippen LogP contribution in [-0.4, -0.2) is 47.5 Å². The van der Waals surface area contributed by atoms with E-state index in [9.17, 15) is 4.79 Å². The third-order valence-corrected chi connectivity index (χ3v) is 4.99. The maximum atomic E-state index is 12.4. The molecule has 1 saturated heterocycles. The van der Waals surface area contributed by atoms with Crippen molar-refractivity contribution in [2.75, 3.05) is 32.1 Å². The van der Waals surface area contributed by atoms with E-state index in [0.717, 1.165) is 31.1 Å². The predicted octanol–water partition coefficient (Wildman–Crippen LogP) is 2.57. The second kappa shape index (κ2) is 7.13. The maximum absolute atomic E-state index is 12.4. The molecule has 122 valence electrons. The Labute approximate surface area is 131 Å². The summed E-state index contributed by atoms with van der Waals surface area (Å²) in [6, 6.07) is 0.00955. The van der Waals surface area contributed by atoms with Crippen LogP contribution in [-0.2, 0) is 11.3 Å². The van der Waals surface area contributed by atoms with E-state index in [-0.39, 0.29) is 6.03 Å². The lowest BCUT2D eigenvalue weighted by atomic mass is 9.75. The minimum Gasteiger partial charge on any atom is -0.383 e. The van der Waals surface area contributed by atoms with Crippen molar-refractivity contribution in [2.45, 2.75) is 38.6 Å². The molecule has 2 heterocycles. The van der Waals surface area contributed by atoms with Crippen LogP contribution in [0.15, 0.2) is 12.4 Å². The Balaban J connectivity index is 1.52. The Hall–Kier alpha value is -1.56. The van der Waals surface area contributed by atoms with Crippen LogP contribution in [0.25, 0.3) is 0 Å². The fourth-order valence-electron chi connectivity index (χ4n) is 3.72. The van der Waals surface area contributed by atoms with Gasteiger partial charge in [-0.15, -0.1) is 0 Å². The summed E-state index contributed by atoms with van der Waals surface area (Å²) in [5.41, 5.74) is 0.756. The molecule has 6 heteroatoms. The molecule has 1 aromatic heterocycles. The molecule has 2 fully saturated rings. The van der Waals surface area contributed by atoms with Crippen molar-refractivity contribution in [3.05, 3.63) is 12.4 Å². The number of carbonyl (C=O) groups is 1. The number of amides is 2. The molecule has 0 spiro atoms. The average molecular weight is 306 g/mol. The third-order valence-electron chi connectivity index (χ3n) is 4.99. The van der Waals surface area contributed by atoms with Crippen molar-refractivity contribution in [1.82, 2.24) is 14.7 Å². The molecule has 2 aliphatic rings. The molecule has 1 aromatic rings. The normalized spacial score (nSPS) is 24.9. The highest BCUT2D eigenvalue weighted by Crippen LogP contribution is 2.36. The van der Waals surface area contributed by atoms with Gasteiger partial charge in [0.2, 0.25) is 0 Å². The number of anilines is 1. The van der Waals surface area contributed by atoms with Gasteiger partial charge in [-0.3, -0.25) is 4.68 Å². The highest BCUT2D eigenvalue weighted by Gasteiger charge is 2.32. The Morgan fingerprint density at radius 2 is 2.18 bits per heavy atom. The van der Waals surface area contributed by atoms with E-state index in [1.165, 1.54) is 25.7 Å². The van der Waals surface area contributed by atoms with Gasteiger partial charge in [0.15, 0.2) is 0 Å². The molecule has 0 radical (unpaired) electrons. The van der Waals surface area contributed by atoms with Gasteiger partial charge in [-0.1, -0.05) is 19.3 Å². The molecule has 0 aromatic carbocycles. The van der Waals surface area contributed by atoms with Gasteiger partial charge in [0.05, 0.1) is 25.0 Å². The van der Waals surface area contributed by atoms with Gasteiger partial charge in [-0.25, -0.2) is 4.79 Å². The number of urea groups is 1. The monoisotopic (exact) mass is 306 g/mol. The van der Waals surface area contributed by atoms with Crippen LogP contribution in [0.1, 0.15) is 32.1 Å². The van der Waals surface area contributed by atoms with Gasteiger partial charge >= 0.3 is 6.03 Å². The van der Waals surface area contributed by atoms with Gasteiger partial charge in [0.25, 0.3) is 0 Å². The fraction of sp³-hybridized carbons (Fsp3) is 0.750. The summed E-state index contributed by atoms with van der Waals surface area (Å²) in [6.45, 7) is 3.10. The summed E-state index contributed by atoms with van der Waals surface area (Å²) in [7, 11) is 1.67. The molecule has 0 unspecified atom stereocenters. The van der Waals surface area contributed by atoms with Crippen LogP contribution in [0.5, 0.6) is 0 Å². The van der Waals surface area contributed by atoms with Crippen molar-refractivity contribution >= 4 is 11.7 Å². The number of likely N-dealkylation sites (tertiary alicyclic amines) is 1. The summed E-state index contributed by atoms with van der Waals surface area (Å²) < 4.78 is 6.81. The smallest absolute Gasteiger partial charge is 0.321 e. The van der Waals surface area contributed by atoms with Gasteiger partial charge in [0, 0.05) is 26.4 Å². The third kappa shape index (κ3) is 3.61. The van der Waals surface area contributed by atoms with E-state index in [4.69, 9.17) is 4.74 Å². The number of nitrogens with zero attached hydrogens (tertiary/aromatic N) is 3. The van der Waals surface area contributed by atoms with Crippen LogP contribution >= 0.6 is 0 Å². The molecule has 2 amide bonds. The predicted molar refractivity (Wildman–Crippen MR) is 84.8 cm³/mol. The molecule has 1 aliphatic carbocycles. The van der Waals surface area contributed by atoms with Gasteiger partial charge < -0.3 is 15.0 Å². The minimum absolute atomic E-state index is 0.00955. The lowest BCUT2D eigenvalue weighted by Gasteiger charge is -2.41. The SMILES string of the molecule is COCCn1cc(NC(=O)N2CC[C@H]3CCCC[C@H]3C2)cn1. The largest absolute Gasteiger partial charge is 0.383 e. The standard InChI is InChI=1S/C16H26N4O2/c1-22-9-8-20-12-15(10-17-20)18-16(21)19-7-6-13-4-2-3-5-14(13)11-19/h10,12-14H,2-9,11H2,1H3,(H,18,21)/t13-,14+/m1/s1. The van der Waals surface area contributed by atoms with E-state index < -0.39 is 0 Å². The van der Waals surface area contributed by atoms with Crippen molar-refractivity contribution in [2.24, 2.45) is 11.8 Å². The Morgan fingerprint density at radius 1 is 1.36 bits per heavy atom. The Morgan fingerprint density at radius 3 is 3.00 bits per heavy atom. The number of aromatic nitrogens is 2. The lowest BCUT2D eigenvalue weighted by molar-refractivity contribution is 0.108. The first kappa shape index (κ1) is 15.3. The summed E-state index contributed by atoms with van der Waals surface area (Å²) >= 11 is 0. The molecule has 1 saturated carbocycles. The van der Waals surface area contributed by atoms with Crippen LogP contribution in [0.4, 0.5) is 10.5 Å².